The van der Waals surface area contributed by atoms with Crippen LogP contribution in [0.3, 0.4) is 0 Å². The number of benzene rings is 1. The Hall–Kier alpha value is -1.82. The SMILES string of the molecule is CCn1c(=NC(=O)CCC2CCCCC2)sc2cc3c(cc21)OCO3. The molecular formula is C19H24N2O3S. The van der Waals surface area contributed by atoms with Crippen LogP contribution in [0.4, 0.5) is 0 Å². The molecule has 2 heterocycles. The van der Waals surface area contributed by atoms with Gasteiger partial charge in [-0.3, -0.25) is 4.79 Å². The number of hydrogen-bond donors (Lipinski definition) is 0. The molecule has 0 spiro atoms. The molecule has 0 saturated heterocycles. The van der Waals surface area contributed by atoms with Crippen LogP contribution in [0.5, 0.6) is 11.5 Å². The average molecular weight is 360 g/mol. The summed E-state index contributed by atoms with van der Waals surface area (Å²) in [6.45, 7) is 3.12. The van der Waals surface area contributed by atoms with Crippen molar-refractivity contribution in [3.63, 3.8) is 0 Å². The fourth-order valence-corrected chi connectivity index (χ4v) is 4.94. The molecule has 5 nitrogen and oxygen atoms in total. The Kier molecular flexibility index (Phi) is 4.79. The molecule has 2 aromatic rings. The minimum absolute atomic E-state index is 0.000583. The van der Waals surface area contributed by atoms with Crippen LogP contribution in [-0.4, -0.2) is 17.3 Å². The number of fused-ring (bicyclic) bond motifs is 2. The average Bonchev–Trinajstić information content (AvgIpc) is 3.21. The van der Waals surface area contributed by atoms with Crippen LogP contribution in [0, 0.1) is 5.92 Å². The van der Waals surface area contributed by atoms with Crippen molar-refractivity contribution >= 4 is 27.5 Å². The quantitative estimate of drug-likeness (QED) is 0.819. The summed E-state index contributed by atoms with van der Waals surface area (Å²) in [5.41, 5.74) is 1.05. The Morgan fingerprint density at radius 2 is 2.00 bits per heavy atom. The van der Waals surface area contributed by atoms with Crippen molar-refractivity contribution in [2.24, 2.45) is 10.9 Å². The van der Waals surface area contributed by atoms with Gasteiger partial charge in [-0.15, -0.1) is 0 Å². The van der Waals surface area contributed by atoms with Gasteiger partial charge in [-0.05, 0) is 19.3 Å². The Bertz CT molecular complexity index is 846. The normalized spacial score (nSPS) is 18.2. The second kappa shape index (κ2) is 7.20. The lowest BCUT2D eigenvalue weighted by atomic mass is 9.86. The molecule has 1 aromatic heterocycles. The lowest BCUT2D eigenvalue weighted by molar-refractivity contribution is -0.118. The van der Waals surface area contributed by atoms with Crippen LogP contribution in [0.1, 0.15) is 51.9 Å². The van der Waals surface area contributed by atoms with Crippen molar-refractivity contribution in [3.8, 4) is 11.5 Å². The standard InChI is InChI=1S/C19H24N2O3S/c1-2-21-14-10-15-16(24-12-23-15)11-17(14)25-19(21)20-18(22)9-8-13-6-4-3-5-7-13/h10-11,13H,2-9,12H2,1H3. The third kappa shape index (κ3) is 3.45. The summed E-state index contributed by atoms with van der Waals surface area (Å²) in [7, 11) is 0. The number of aryl methyl sites for hydroxylation is 1. The maximum atomic E-state index is 12.4. The highest BCUT2D eigenvalue weighted by Crippen LogP contribution is 2.37. The highest BCUT2D eigenvalue weighted by atomic mass is 32.1. The molecule has 25 heavy (non-hydrogen) atoms. The predicted molar refractivity (Wildman–Crippen MR) is 98.0 cm³/mol. The monoisotopic (exact) mass is 360 g/mol. The van der Waals surface area contributed by atoms with Crippen LogP contribution in [0.25, 0.3) is 10.2 Å². The molecule has 0 atom stereocenters. The number of thiazole rings is 1. The third-order valence-electron chi connectivity index (χ3n) is 5.20. The van der Waals surface area contributed by atoms with Crippen molar-refractivity contribution in [3.05, 3.63) is 16.9 Å². The van der Waals surface area contributed by atoms with E-state index >= 15 is 0 Å². The van der Waals surface area contributed by atoms with Crippen molar-refractivity contribution < 1.29 is 14.3 Å². The molecular weight excluding hydrogens is 336 g/mol. The van der Waals surface area contributed by atoms with Gasteiger partial charge in [0.25, 0.3) is 0 Å². The molecule has 1 aliphatic carbocycles. The summed E-state index contributed by atoms with van der Waals surface area (Å²) < 4.78 is 14.1. The van der Waals surface area contributed by atoms with Gasteiger partial charge in [-0.25, -0.2) is 0 Å². The van der Waals surface area contributed by atoms with E-state index in [0.29, 0.717) is 12.3 Å². The van der Waals surface area contributed by atoms with Gasteiger partial charge in [0.15, 0.2) is 16.3 Å². The van der Waals surface area contributed by atoms with Gasteiger partial charge in [0.2, 0.25) is 12.7 Å². The molecule has 1 saturated carbocycles. The van der Waals surface area contributed by atoms with Crippen LogP contribution in [0.15, 0.2) is 17.1 Å². The molecule has 1 fully saturated rings. The molecule has 134 valence electrons. The van der Waals surface area contributed by atoms with Crippen molar-refractivity contribution in [2.45, 2.75) is 58.4 Å². The molecule has 1 aromatic carbocycles. The number of nitrogens with zero attached hydrogens (tertiary/aromatic N) is 2. The van der Waals surface area contributed by atoms with Gasteiger partial charge >= 0.3 is 0 Å². The van der Waals surface area contributed by atoms with E-state index in [-0.39, 0.29) is 12.7 Å². The largest absolute Gasteiger partial charge is 0.454 e. The van der Waals surface area contributed by atoms with Gasteiger partial charge in [0, 0.05) is 25.1 Å². The molecule has 0 unspecified atom stereocenters. The van der Waals surface area contributed by atoms with E-state index in [1.54, 1.807) is 11.3 Å². The summed E-state index contributed by atoms with van der Waals surface area (Å²) in [6, 6.07) is 3.98. The molecule has 1 aliphatic heterocycles. The first kappa shape index (κ1) is 16.6. The number of carbonyl (C=O) groups is 1. The first-order valence-corrected chi connectivity index (χ1v) is 10.1. The smallest absolute Gasteiger partial charge is 0.248 e. The molecule has 0 bridgehead atoms. The summed E-state index contributed by atoms with van der Waals surface area (Å²) in [5.74, 6) is 2.25. The lowest BCUT2D eigenvalue weighted by Crippen LogP contribution is -2.16. The first-order valence-electron chi connectivity index (χ1n) is 9.25. The maximum absolute atomic E-state index is 12.4. The summed E-state index contributed by atoms with van der Waals surface area (Å²) >= 11 is 1.54. The van der Waals surface area contributed by atoms with Crippen molar-refractivity contribution in [2.75, 3.05) is 6.79 Å². The third-order valence-corrected chi connectivity index (χ3v) is 6.25. The van der Waals surface area contributed by atoms with Crippen LogP contribution >= 0.6 is 11.3 Å². The Balaban J connectivity index is 1.57. The first-order chi connectivity index (χ1) is 12.2. The molecule has 0 radical (unpaired) electrons. The molecule has 0 N–H and O–H groups in total. The van der Waals surface area contributed by atoms with Crippen molar-refractivity contribution in [1.82, 2.24) is 4.57 Å². The number of rotatable bonds is 4. The van der Waals surface area contributed by atoms with E-state index in [2.05, 4.69) is 16.5 Å². The van der Waals surface area contributed by atoms with Gasteiger partial charge in [-0.2, -0.15) is 4.99 Å². The highest BCUT2D eigenvalue weighted by molar-refractivity contribution is 7.16. The van der Waals surface area contributed by atoms with E-state index in [0.717, 1.165) is 39.5 Å². The maximum Gasteiger partial charge on any atom is 0.248 e. The minimum Gasteiger partial charge on any atom is -0.454 e. The molecule has 2 aliphatic rings. The zero-order valence-electron chi connectivity index (χ0n) is 14.6. The number of ether oxygens (including phenoxy) is 2. The van der Waals surface area contributed by atoms with E-state index in [4.69, 9.17) is 9.47 Å². The Morgan fingerprint density at radius 3 is 2.76 bits per heavy atom. The topological polar surface area (TPSA) is 52.8 Å². The zero-order chi connectivity index (χ0) is 17.2. The summed E-state index contributed by atoms with van der Waals surface area (Å²) in [6.07, 6.45) is 8.08. The zero-order valence-corrected chi connectivity index (χ0v) is 15.4. The predicted octanol–water partition coefficient (Wildman–Crippen LogP) is 4.24. The number of aromatic nitrogens is 1. The molecule has 1 amide bonds. The van der Waals surface area contributed by atoms with Crippen molar-refractivity contribution in [1.29, 1.82) is 0 Å². The number of hydrogen-bond acceptors (Lipinski definition) is 4. The lowest BCUT2D eigenvalue weighted by Gasteiger charge is -2.20. The summed E-state index contributed by atoms with van der Waals surface area (Å²) in [4.78, 5) is 17.6. The highest BCUT2D eigenvalue weighted by Gasteiger charge is 2.18. The fraction of sp³-hybridized carbons (Fsp3) is 0.579. The Labute approximate surface area is 151 Å². The van der Waals surface area contributed by atoms with Gasteiger partial charge in [-0.1, -0.05) is 43.4 Å². The minimum atomic E-state index is -0.000583. The van der Waals surface area contributed by atoms with E-state index in [1.165, 1.54) is 32.1 Å². The van der Waals surface area contributed by atoms with E-state index < -0.39 is 0 Å². The van der Waals surface area contributed by atoms with Gasteiger partial charge in [0.05, 0.1) is 10.2 Å². The van der Waals surface area contributed by atoms with Gasteiger partial charge < -0.3 is 14.0 Å². The molecule has 6 heteroatoms. The van der Waals surface area contributed by atoms with Crippen LogP contribution in [-0.2, 0) is 11.3 Å². The summed E-state index contributed by atoms with van der Waals surface area (Å²) in [5, 5.41) is 0. The second-order valence-electron chi connectivity index (χ2n) is 6.85. The van der Waals surface area contributed by atoms with E-state index in [1.807, 2.05) is 12.1 Å². The van der Waals surface area contributed by atoms with E-state index in [9.17, 15) is 4.79 Å². The number of carbonyl (C=O) groups excluding carboxylic acids is 1. The second-order valence-corrected chi connectivity index (χ2v) is 7.86. The van der Waals surface area contributed by atoms with Gasteiger partial charge in [0.1, 0.15) is 0 Å². The van der Waals surface area contributed by atoms with Crippen LogP contribution < -0.4 is 14.3 Å². The molecule has 4 rings (SSSR count). The fourth-order valence-electron chi connectivity index (χ4n) is 3.82. The Morgan fingerprint density at radius 1 is 1.24 bits per heavy atom. The van der Waals surface area contributed by atoms with Crippen LogP contribution in [0.2, 0.25) is 0 Å². The number of amides is 1.